The molecule has 34 heavy (non-hydrogen) atoms. The molecule has 0 aliphatic carbocycles. The van der Waals surface area contributed by atoms with E-state index in [2.05, 4.69) is 10.4 Å². The van der Waals surface area contributed by atoms with Crippen molar-refractivity contribution in [2.45, 2.75) is 40.5 Å². The van der Waals surface area contributed by atoms with E-state index in [1.54, 1.807) is 24.3 Å². The van der Waals surface area contributed by atoms with Crippen LogP contribution in [0.5, 0.6) is 11.5 Å². The number of nitrogens with one attached hydrogen (secondary N) is 1. The number of benzene rings is 2. The predicted molar refractivity (Wildman–Crippen MR) is 130 cm³/mol. The van der Waals surface area contributed by atoms with Gasteiger partial charge in [-0.1, -0.05) is 0 Å². The molecule has 1 N–H and O–H groups in total. The average molecular weight is 466 g/mol. The molecule has 3 rings (SSSR count). The van der Waals surface area contributed by atoms with Gasteiger partial charge in [-0.15, -0.1) is 0 Å². The SMILES string of the molecule is CCOc1ccc(OCC)c(NC(=O)c2ccc(-n3nc(C)c(CCC(=O)OC)c3C)cc2)c1. The van der Waals surface area contributed by atoms with Crippen LogP contribution >= 0.6 is 0 Å². The minimum absolute atomic E-state index is 0.249. The van der Waals surface area contributed by atoms with E-state index in [1.807, 2.05) is 50.6 Å². The van der Waals surface area contributed by atoms with Crippen LogP contribution in [-0.4, -0.2) is 42.0 Å². The molecule has 0 unspecified atom stereocenters. The molecule has 0 aliphatic heterocycles. The number of aryl methyl sites for hydroxylation is 1. The average Bonchev–Trinajstić information content (AvgIpc) is 3.12. The zero-order valence-corrected chi connectivity index (χ0v) is 20.3. The Morgan fingerprint density at radius 2 is 1.71 bits per heavy atom. The first-order valence-corrected chi connectivity index (χ1v) is 11.3. The standard InChI is InChI=1S/C26H31N3O5/c1-6-33-21-12-14-24(34-7-2)23(16-21)27-26(31)19-8-10-20(11-9-19)29-18(4)22(17(3)28-29)13-15-25(30)32-5/h8-12,14,16H,6-7,13,15H2,1-5H3,(H,27,31). The normalized spacial score (nSPS) is 10.6. The number of ether oxygens (including phenoxy) is 3. The first-order chi connectivity index (χ1) is 16.4. The molecular weight excluding hydrogens is 434 g/mol. The zero-order valence-electron chi connectivity index (χ0n) is 20.3. The topological polar surface area (TPSA) is 91.7 Å². The molecule has 8 heteroatoms. The second kappa shape index (κ2) is 11.4. The van der Waals surface area contributed by atoms with Gasteiger partial charge in [0.1, 0.15) is 11.5 Å². The van der Waals surface area contributed by atoms with Gasteiger partial charge in [-0.05, 0) is 76.1 Å². The summed E-state index contributed by atoms with van der Waals surface area (Å²) in [6.07, 6.45) is 0.866. The summed E-state index contributed by atoms with van der Waals surface area (Å²) in [4.78, 5) is 24.4. The lowest BCUT2D eigenvalue weighted by molar-refractivity contribution is -0.140. The van der Waals surface area contributed by atoms with Crippen molar-refractivity contribution in [1.29, 1.82) is 0 Å². The molecule has 2 aromatic carbocycles. The van der Waals surface area contributed by atoms with Crippen molar-refractivity contribution < 1.29 is 23.8 Å². The Morgan fingerprint density at radius 3 is 2.35 bits per heavy atom. The Morgan fingerprint density at radius 1 is 1.00 bits per heavy atom. The number of aromatic nitrogens is 2. The number of nitrogens with zero attached hydrogens (tertiary/aromatic N) is 2. The van der Waals surface area contributed by atoms with Crippen LogP contribution in [0.25, 0.3) is 5.69 Å². The third-order valence-corrected chi connectivity index (χ3v) is 5.43. The number of hydrogen-bond donors (Lipinski definition) is 1. The van der Waals surface area contributed by atoms with E-state index in [4.69, 9.17) is 14.2 Å². The van der Waals surface area contributed by atoms with Crippen LogP contribution in [0.1, 0.15) is 47.6 Å². The van der Waals surface area contributed by atoms with Gasteiger partial charge in [0, 0.05) is 23.7 Å². The molecule has 0 spiro atoms. The Kier molecular flexibility index (Phi) is 8.29. The van der Waals surface area contributed by atoms with Crippen LogP contribution < -0.4 is 14.8 Å². The highest BCUT2D eigenvalue weighted by Gasteiger charge is 2.16. The van der Waals surface area contributed by atoms with Gasteiger partial charge in [0.2, 0.25) is 0 Å². The lowest BCUT2D eigenvalue weighted by Gasteiger charge is -2.14. The highest BCUT2D eigenvalue weighted by Crippen LogP contribution is 2.30. The number of carbonyl (C=O) groups excluding carboxylic acids is 2. The monoisotopic (exact) mass is 465 g/mol. The maximum Gasteiger partial charge on any atom is 0.305 e. The summed E-state index contributed by atoms with van der Waals surface area (Å²) in [5.74, 6) is 0.733. The molecule has 1 heterocycles. The maximum atomic E-state index is 12.9. The van der Waals surface area contributed by atoms with Gasteiger partial charge in [0.05, 0.1) is 37.4 Å². The number of hydrogen-bond acceptors (Lipinski definition) is 6. The molecule has 0 saturated heterocycles. The van der Waals surface area contributed by atoms with E-state index in [0.29, 0.717) is 48.8 Å². The highest BCUT2D eigenvalue weighted by atomic mass is 16.5. The van der Waals surface area contributed by atoms with Crippen LogP contribution in [0.15, 0.2) is 42.5 Å². The highest BCUT2D eigenvalue weighted by molar-refractivity contribution is 6.05. The third kappa shape index (κ3) is 5.75. The smallest absolute Gasteiger partial charge is 0.305 e. The van der Waals surface area contributed by atoms with Crippen LogP contribution in [-0.2, 0) is 16.0 Å². The summed E-state index contributed by atoms with van der Waals surface area (Å²) < 4.78 is 17.8. The number of esters is 1. The number of anilines is 1. The molecule has 8 nitrogen and oxygen atoms in total. The van der Waals surface area contributed by atoms with Crippen molar-refractivity contribution in [3.8, 4) is 17.2 Å². The third-order valence-electron chi connectivity index (χ3n) is 5.43. The number of carbonyl (C=O) groups is 2. The van der Waals surface area contributed by atoms with Crippen molar-refractivity contribution in [3.63, 3.8) is 0 Å². The van der Waals surface area contributed by atoms with Crippen LogP contribution in [0, 0.1) is 13.8 Å². The molecule has 0 aliphatic rings. The van der Waals surface area contributed by atoms with E-state index in [1.165, 1.54) is 7.11 Å². The molecule has 0 fully saturated rings. The molecule has 0 atom stereocenters. The van der Waals surface area contributed by atoms with E-state index in [0.717, 1.165) is 22.6 Å². The van der Waals surface area contributed by atoms with Crippen molar-refractivity contribution in [3.05, 3.63) is 65.0 Å². The second-order valence-electron chi connectivity index (χ2n) is 7.66. The molecule has 1 amide bonds. The lowest BCUT2D eigenvalue weighted by Crippen LogP contribution is -2.13. The largest absolute Gasteiger partial charge is 0.494 e. The van der Waals surface area contributed by atoms with E-state index >= 15 is 0 Å². The summed E-state index contributed by atoms with van der Waals surface area (Å²) in [5.41, 5.74) is 4.71. The summed E-state index contributed by atoms with van der Waals surface area (Å²) in [6, 6.07) is 12.5. The predicted octanol–water partition coefficient (Wildman–Crippen LogP) is 4.64. The van der Waals surface area contributed by atoms with Gasteiger partial charge in [0.25, 0.3) is 5.91 Å². The minimum Gasteiger partial charge on any atom is -0.494 e. The summed E-state index contributed by atoms with van der Waals surface area (Å²) >= 11 is 0. The fraction of sp³-hybridized carbons (Fsp3) is 0.346. The van der Waals surface area contributed by atoms with Crippen molar-refractivity contribution >= 4 is 17.6 Å². The van der Waals surface area contributed by atoms with Gasteiger partial charge in [0.15, 0.2) is 0 Å². The lowest BCUT2D eigenvalue weighted by atomic mass is 10.1. The first kappa shape index (κ1) is 24.8. The minimum atomic E-state index is -0.256. The Hall–Kier alpha value is -3.81. The molecule has 180 valence electrons. The van der Waals surface area contributed by atoms with Crippen molar-refractivity contribution in [1.82, 2.24) is 9.78 Å². The number of amides is 1. The fourth-order valence-corrected chi connectivity index (χ4v) is 3.71. The fourth-order valence-electron chi connectivity index (χ4n) is 3.71. The summed E-state index contributed by atoms with van der Waals surface area (Å²) in [5, 5.41) is 7.54. The Balaban J connectivity index is 1.78. The molecule has 1 aromatic heterocycles. The quantitative estimate of drug-likeness (QED) is 0.439. The van der Waals surface area contributed by atoms with Gasteiger partial charge in [-0.2, -0.15) is 5.10 Å². The van der Waals surface area contributed by atoms with Gasteiger partial charge >= 0.3 is 5.97 Å². The molecule has 0 saturated carbocycles. The molecular formula is C26H31N3O5. The van der Waals surface area contributed by atoms with E-state index in [-0.39, 0.29) is 11.9 Å². The number of rotatable bonds is 10. The summed E-state index contributed by atoms with van der Waals surface area (Å²) in [7, 11) is 1.39. The van der Waals surface area contributed by atoms with Crippen LogP contribution in [0.3, 0.4) is 0 Å². The molecule has 0 radical (unpaired) electrons. The zero-order chi connectivity index (χ0) is 24.7. The first-order valence-electron chi connectivity index (χ1n) is 11.3. The molecule has 0 bridgehead atoms. The van der Waals surface area contributed by atoms with Gasteiger partial charge in [-0.3, -0.25) is 9.59 Å². The summed E-state index contributed by atoms with van der Waals surface area (Å²) in [6.45, 7) is 8.69. The Bertz CT molecular complexity index is 1150. The van der Waals surface area contributed by atoms with E-state index < -0.39 is 0 Å². The number of methoxy groups -OCH3 is 1. The van der Waals surface area contributed by atoms with Crippen molar-refractivity contribution in [2.75, 3.05) is 25.6 Å². The van der Waals surface area contributed by atoms with Gasteiger partial charge in [-0.25, -0.2) is 4.68 Å². The molecule has 3 aromatic rings. The second-order valence-corrected chi connectivity index (χ2v) is 7.66. The van der Waals surface area contributed by atoms with E-state index in [9.17, 15) is 9.59 Å². The maximum absolute atomic E-state index is 12.9. The van der Waals surface area contributed by atoms with Crippen molar-refractivity contribution in [2.24, 2.45) is 0 Å². The Labute approximate surface area is 199 Å². The van der Waals surface area contributed by atoms with Crippen LogP contribution in [0.4, 0.5) is 5.69 Å². The van der Waals surface area contributed by atoms with Crippen LogP contribution in [0.2, 0.25) is 0 Å². The van der Waals surface area contributed by atoms with Gasteiger partial charge < -0.3 is 19.5 Å².